The van der Waals surface area contributed by atoms with Crippen molar-refractivity contribution in [2.24, 2.45) is 5.92 Å². The normalized spacial score (nSPS) is 12.2. The Kier molecular flexibility index (Phi) is 3.72. The van der Waals surface area contributed by atoms with Crippen LogP contribution in [-0.4, -0.2) is 4.98 Å². The predicted molar refractivity (Wildman–Crippen MR) is 69.5 cm³/mol. The molecule has 0 spiro atoms. The van der Waals surface area contributed by atoms with Crippen molar-refractivity contribution in [2.75, 3.05) is 0 Å². The second kappa shape index (κ2) is 5.45. The van der Waals surface area contributed by atoms with Gasteiger partial charge in [-0.25, -0.2) is 0 Å². The Bertz CT molecular complexity index is 540. The van der Waals surface area contributed by atoms with Crippen LogP contribution in [-0.2, 0) is 6.42 Å². The average molecular weight is 224 g/mol. The molecule has 1 unspecified atom stereocenters. The van der Waals surface area contributed by atoms with Gasteiger partial charge >= 0.3 is 0 Å². The summed E-state index contributed by atoms with van der Waals surface area (Å²) in [5.74, 6) is 0.464. The van der Waals surface area contributed by atoms with Crippen LogP contribution >= 0.6 is 0 Å². The number of aryl methyl sites for hydroxylation is 1. The molecule has 0 aliphatic heterocycles. The number of pyridine rings is 1. The number of nitriles is 1. The van der Waals surface area contributed by atoms with Gasteiger partial charge in [0.1, 0.15) is 0 Å². The quantitative estimate of drug-likeness (QED) is 0.793. The summed E-state index contributed by atoms with van der Waals surface area (Å²) >= 11 is 0. The number of nitrogens with zero attached hydrogens (tertiary/aromatic N) is 2. The van der Waals surface area contributed by atoms with Crippen LogP contribution in [0.1, 0.15) is 25.3 Å². The maximum atomic E-state index is 8.61. The molecule has 1 aromatic heterocycles. The second-order valence-corrected chi connectivity index (χ2v) is 4.54. The SMILES string of the molecule is CC(CC#N)CCc1cnc2ccccc2c1. The smallest absolute Gasteiger partial charge is 0.0702 e. The highest BCUT2D eigenvalue weighted by molar-refractivity contribution is 5.78. The van der Waals surface area contributed by atoms with E-state index in [9.17, 15) is 0 Å². The lowest BCUT2D eigenvalue weighted by Crippen LogP contribution is -1.96. The maximum absolute atomic E-state index is 8.61. The van der Waals surface area contributed by atoms with Crippen molar-refractivity contribution in [3.63, 3.8) is 0 Å². The maximum Gasteiger partial charge on any atom is 0.0702 e. The van der Waals surface area contributed by atoms with E-state index >= 15 is 0 Å². The summed E-state index contributed by atoms with van der Waals surface area (Å²) in [4.78, 5) is 4.44. The van der Waals surface area contributed by atoms with E-state index in [0.717, 1.165) is 18.4 Å². The standard InChI is InChI=1S/C15H16N2/c1-12(8-9-16)6-7-13-10-14-4-2-3-5-15(14)17-11-13/h2-5,10-12H,6-8H2,1H3. The van der Waals surface area contributed by atoms with Gasteiger partial charge in [-0.15, -0.1) is 0 Å². The van der Waals surface area contributed by atoms with Crippen LogP contribution in [0.4, 0.5) is 0 Å². The van der Waals surface area contributed by atoms with Crippen LogP contribution in [0.5, 0.6) is 0 Å². The molecule has 17 heavy (non-hydrogen) atoms. The van der Waals surface area contributed by atoms with Crippen molar-refractivity contribution < 1.29 is 0 Å². The molecule has 0 aliphatic carbocycles. The Labute approximate surface area is 102 Å². The molecule has 1 aromatic carbocycles. The molecule has 1 heterocycles. The van der Waals surface area contributed by atoms with Crippen LogP contribution < -0.4 is 0 Å². The molecule has 2 heteroatoms. The van der Waals surface area contributed by atoms with Gasteiger partial charge in [-0.05, 0) is 36.5 Å². The zero-order chi connectivity index (χ0) is 12.1. The van der Waals surface area contributed by atoms with E-state index in [4.69, 9.17) is 5.26 Å². The largest absolute Gasteiger partial charge is 0.256 e. The molecule has 1 atom stereocenters. The van der Waals surface area contributed by atoms with Crippen molar-refractivity contribution in [1.29, 1.82) is 5.26 Å². The van der Waals surface area contributed by atoms with E-state index in [0.29, 0.717) is 12.3 Å². The number of hydrogen-bond acceptors (Lipinski definition) is 2. The minimum absolute atomic E-state index is 0.464. The molecule has 0 fully saturated rings. The molecule has 0 aliphatic rings. The summed E-state index contributed by atoms with van der Waals surface area (Å²) in [5, 5.41) is 9.81. The molecule has 0 saturated heterocycles. The molecule has 2 aromatic rings. The van der Waals surface area contributed by atoms with E-state index in [-0.39, 0.29) is 0 Å². The van der Waals surface area contributed by atoms with Crippen molar-refractivity contribution in [2.45, 2.75) is 26.2 Å². The Balaban J connectivity index is 2.07. The van der Waals surface area contributed by atoms with E-state index in [1.54, 1.807) is 0 Å². The van der Waals surface area contributed by atoms with Crippen LogP contribution in [0.25, 0.3) is 10.9 Å². The summed E-state index contributed by atoms with van der Waals surface area (Å²) < 4.78 is 0. The van der Waals surface area contributed by atoms with Crippen molar-refractivity contribution in [3.05, 3.63) is 42.1 Å². The number of fused-ring (bicyclic) bond motifs is 1. The molecule has 0 radical (unpaired) electrons. The molecule has 86 valence electrons. The fraction of sp³-hybridized carbons (Fsp3) is 0.333. The fourth-order valence-electron chi connectivity index (χ4n) is 1.92. The van der Waals surface area contributed by atoms with Crippen LogP contribution in [0, 0.1) is 17.2 Å². The Hall–Kier alpha value is -1.88. The minimum atomic E-state index is 0.464. The molecule has 0 bridgehead atoms. The monoisotopic (exact) mass is 224 g/mol. The first kappa shape index (κ1) is 11.6. The Morgan fingerprint density at radius 3 is 3.00 bits per heavy atom. The van der Waals surface area contributed by atoms with E-state index < -0.39 is 0 Å². The van der Waals surface area contributed by atoms with E-state index in [2.05, 4.69) is 30.1 Å². The van der Waals surface area contributed by atoms with Gasteiger partial charge in [0, 0.05) is 18.0 Å². The van der Waals surface area contributed by atoms with Gasteiger partial charge in [0.15, 0.2) is 0 Å². The van der Waals surface area contributed by atoms with Gasteiger partial charge in [-0.3, -0.25) is 4.98 Å². The second-order valence-electron chi connectivity index (χ2n) is 4.54. The summed E-state index contributed by atoms with van der Waals surface area (Å²) in [6.45, 7) is 2.12. The van der Waals surface area contributed by atoms with Crippen LogP contribution in [0.3, 0.4) is 0 Å². The summed E-state index contributed by atoms with van der Waals surface area (Å²) in [5.41, 5.74) is 2.30. The Morgan fingerprint density at radius 1 is 1.35 bits per heavy atom. The molecule has 2 rings (SSSR count). The first-order chi connectivity index (χ1) is 8.29. The van der Waals surface area contributed by atoms with Gasteiger partial charge in [0.25, 0.3) is 0 Å². The molecular formula is C15H16N2. The van der Waals surface area contributed by atoms with Crippen LogP contribution in [0.2, 0.25) is 0 Å². The summed E-state index contributed by atoms with van der Waals surface area (Å²) in [6, 6.07) is 12.6. The first-order valence-electron chi connectivity index (χ1n) is 6.00. The zero-order valence-electron chi connectivity index (χ0n) is 10.1. The number of aromatic nitrogens is 1. The lowest BCUT2D eigenvalue weighted by atomic mass is 9.99. The number of benzene rings is 1. The molecule has 0 amide bonds. The lowest BCUT2D eigenvalue weighted by molar-refractivity contribution is 0.545. The third-order valence-corrected chi connectivity index (χ3v) is 3.01. The van der Waals surface area contributed by atoms with E-state index in [1.165, 1.54) is 10.9 Å². The topological polar surface area (TPSA) is 36.7 Å². The van der Waals surface area contributed by atoms with Crippen molar-refractivity contribution >= 4 is 10.9 Å². The summed E-state index contributed by atoms with van der Waals surface area (Å²) in [6.07, 6.45) is 4.64. The van der Waals surface area contributed by atoms with Crippen molar-refractivity contribution in [3.8, 4) is 6.07 Å². The fourth-order valence-corrected chi connectivity index (χ4v) is 1.92. The third-order valence-electron chi connectivity index (χ3n) is 3.01. The van der Waals surface area contributed by atoms with Gasteiger partial charge < -0.3 is 0 Å². The van der Waals surface area contributed by atoms with Crippen molar-refractivity contribution in [1.82, 2.24) is 4.98 Å². The predicted octanol–water partition coefficient (Wildman–Crippen LogP) is 3.72. The van der Waals surface area contributed by atoms with Gasteiger partial charge in [-0.1, -0.05) is 25.1 Å². The lowest BCUT2D eigenvalue weighted by Gasteiger charge is -2.07. The molecular weight excluding hydrogens is 208 g/mol. The molecule has 0 saturated carbocycles. The van der Waals surface area contributed by atoms with Gasteiger partial charge in [-0.2, -0.15) is 5.26 Å². The average Bonchev–Trinajstić information content (AvgIpc) is 2.36. The third kappa shape index (κ3) is 3.04. The highest BCUT2D eigenvalue weighted by Gasteiger charge is 2.03. The zero-order valence-corrected chi connectivity index (χ0v) is 10.1. The molecule has 0 N–H and O–H groups in total. The number of para-hydroxylation sites is 1. The van der Waals surface area contributed by atoms with Gasteiger partial charge in [0.2, 0.25) is 0 Å². The molecule has 2 nitrogen and oxygen atoms in total. The highest BCUT2D eigenvalue weighted by Crippen LogP contribution is 2.16. The van der Waals surface area contributed by atoms with Crippen LogP contribution in [0.15, 0.2) is 36.5 Å². The first-order valence-corrected chi connectivity index (χ1v) is 6.00. The summed E-state index contributed by atoms with van der Waals surface area (Å²) in [7, 11) is 0. The van der Waals surface area contributed by atoms with E-state index in [1.807, 2.05) is 24.4 Å². The minimum Gasteiger partial charge on any atom is -0.256 e. The van der Waals surface area contributed by atoms with Gasteiger partial charge in [0.05, 0.1) is 11.6 Å². The number of hydrogen-bond donors (Lipinski definition) is 0. The Morgan fingerprint density at radius 2 is 2.18 bits per heavy atom. The number of rotatable bonds is 4. The highest BCUT2D eigenvalue weighted by atomic mass is 14.6.